The number of para-hydroxylation sites is 1. The second kappa shape index (κ2) is 8.39. The highest BCUT2D eigenvalue weighted by molar-refractivity contribution is 7.12. The molecule has 7 nitrogen and oxygen atoms in total. The number of fused-ring (bicyclic) bond motifs is 1. The van der Waals surface area contributed by atoms with Crippen molar-refractivity contribution in [3.8, 4) is 0 Å². The van der Waals surface area contributed by atoms with Gasteiger partial charge in [-0.15, -0.1) is 11.3 Å². The lowest BCUT2D eigenvalue weighted by atomic mass is 10.1. The largest absolute Gasteiger partial charge is 0.304 e. The Morgan fingerprint density at radius 3 is 2.28 bits per heavy atom. The van der Waals surface area contributed by atoms with E-state index < -0.39 is 0 Å². The van der Waals surface area contributed by atoms with E-state index in [1.54, 1.807) is 6.07 Å². The molecule has 8 heteroatoms. The first kappa shape index (κ1) is 20.1. The number of rotatable bonds is 6. The van der Waals surface area contributed by atoms with E-state index in [-0.39, 0.29) is 17.7 Å². The van der Waals surface area contributed by atoms with Crippen molar-refractivity contribution in [1.82, 2.24) is 14.7 Å². The summed E-state index contributed by atoms with van der Waals surface area (Å²) in [5.74, 6) is 0.130. The van der Waals surface area contributed by atoms with Gasteiger partial charge in [-0.25, -0.2) is 0 Å². The molecule has 32 heavy (non-hydrogen) atoms. The van der Waals surface area contributed by atoms with Crippen molar-refractivity contribution < 1.29 is 14.4 Å². The van der Waals surface area contributed by atoms with Gasteiger partial charge in [-0.2, -0.15) is 5.10 Å². The predicted octanol–water partition coefficient (Wildman–Crippen LogP) is 4.05. The van der Waals surface area contributed by atoms with Crippen molar-refractivity contribution in [3.63, 3.8) is 0 Å². The highest BCUT2D eigenvalue weighted by Crippen LogP contribution is 2.25. The number of hydrogen-bond acceptors (Lipinski definition) is 5. The number of aromatic nitrogens is 2. The van der Waals surface area contributed by atoms with Crippen LogP contribution in [-0.4, -0.2) is 32.4 Å². The molecule has 5 rings (SSSR count). The highest BCUT2D eigenvalue weighted by Gasteiger charge is 2.28. The number of thiophene rings is 1. The number of amides is 3. The van der Waals surface area contributed by atoms with Crippen LogP contribution in [-0.2, 0) is 22.7 Å². The Kier molecular flexibility index (Phi) is 5.28. The summed E-state index contributed by atoms with van der Waals surface area (Å²) in [5.41, 5.74) is 2.86. The Morgan fingerprint density at radius 2 is 1.59 bits per heavy atom. The summed E-state index contributed by atoms with van der Waals surface area (Å²) in [4.78, 5) is 38.1. The van der Waals surface area contributed by atoms with E-state index in [0.717, 1.165) is 22.0 Å². The Labute approximate surface area is 188 Å². The maximum atomic E-state index is 12.5. The Morgan fingerprint density at radius 1 is 0.906 bits per heavy atom. The second-order valence-electron chi connectivity index (χ2n) is 7.64. The van der Waals surface area contributed by atoms with Gasteiger partial charge in [0.25, 0.3) is 5.91 Å². The normalized spacial score (nSPS) is 13.8. The average molecular weight is 445 g/mol. The van der Waals surface area contributed by atoms with Gasteiger partial charge in [-0.1, -0.05) is 42.5 Å². The first-order valence-corrected chi connectivity index (χ1v) is 11.2. The van der Waals surface area contributed by atoms with Gasteiger partial charge in [0, 0.05) is 18.2 Å². The van der Waals surface area contributed by atoms with Crippen LogP contribution in [0.2, 0.25) is 0 Å². The number of likely N-dealkylation sites (tertiary alicyclic amines) is 1. The molecule has 3 heterocycles. The van der Waals surface area contributed by atoms with E-state index in [4.69, 9.17) is 0 Å². The number of anilines is 1. The SMILES string of the molecule is O=C(Nc1nn(Cc2ccc(CN3C(=O)CCC3=O)cc2)c2ccccc12)c1cccs1. The molecule has 0 radical (unpaired) electrons. The summed E-state index contributed by atoms with van der Waals surface area (Å²) in [7, 11) is 0. The minimum Gasteiger partial charge on any atom is -0.304 e. The number of imide groups is 1. The molecule has 1 N–H and O–H groups in total. The molecular weight excluding hydrogens is 424 g/mol. The lowest BCUT2D eigenvalue weighted by Gasteiger charge is -2.14. The fraction of sp³-hybridized carbons (Fsp3) is 0.167. The van der Waals surface area contributed by atoms with Crippen LogP contribution in [0.4, 0.5) is 5.82 Å². The molecule has 0 atom stereocenters. The van der Waals surface area contributed by atoms with E-state index in [1.165, 1.54) is 16.2 Å². The molecule has 2 aromatic carbocycles. The van der Waals surface area contributed by atoms with E-state index in [2.05, 4.69) is 10.4 Å². The van der Waals surface area contributed by atoms with Crippen LogP contribution in [0.5, 0.6) is 0 Å². The zero-order valence-corrected chi connectivity index (χ0v) is 18.0. The molecule has 0 spiro atoms. The summed E-state index contributed by atoms with van der Waals surface area (Å²) in [6.07, 6.45) is 0.600. The summed E-state index contributed by atoms with van der Waals surface area (Å²) >= 11 is 1.39. The number of hydrogen-bond donors (Lipinski definition) is 1. The average Bonchev–Trinajstić information content (AvgIpc) is 3.53. The zero-order valence-electron chi connectivity index (χ0n) is 17.2. The van der Waals surface area contributed by atoms with Crippen molar-refractivity contribution in [2.45, 2.75) is 25.9 Å². The van der Waals surface area contributed by atoms with Gasteiger partial charge < -0.3 is 5.32 Å². The Hall–Kier alpha value is -3.78. The monoisotopic (exact) mass is 444 g/mol. The fourth-order valence-electron chi connectivity index (χ4n) is 3.82. The first-order chi connectivity index (χ1) is 15.6. The van der Waals surface area contributed by atoms with Crippen molar-refractivity contribution in [2.24, 2.45) is 0 Å². The smallest absolute Gasteiger partial charge is 0.266 e. The molecule has 0 aliphatic carbocycles. The van der Waals surface area contributed by atoms with Crippen LogP contribution < -0.4 is 5.32 Å². The molecule has 4 aromatic rings. The van der Waals surface area contributed by atoms with Gasteiger partial charge >= 0.3 is 0 Å². The van der Waals surface area contributed by atoms with E-state index in [9.17, 15) is 14.4 Å². The van der Waals surface area contributed by atoms with Gasteiger partial charge in [0.1, 0.15) is 0 Å². The van der Waals surface area contributed by atoms with Crippen LogP contribution in [0.25, 0.3) is 10.9 Å². The standard InChI is InChI=1S/C24H20N4O3S/c29-21-11-12-22(30)27(21)14-16-7-9-17(10-8-16)15-28-19-5-2-1-4-18(19)23(26-28)25-24(31)20-6-3-13-32-20/h1-10,13H,11-12,14-15H2,(H,25,26,31). The lowest BCUT2D eigenvalue weighted by molar-refractivity contribution is -0.139. The number of nitrogens with one attached hydrogen (secondary N) is 1. The van der Waals surface area contributed by atoms with E-state index in [0.29, 0.717) is 36.6 Å². The van der Waals surface area contributed by atoms with Crippen LogP contribution in [0, 0.1) is 0 Å². The fourth-order valence-corrected chi connectivity index (χ4v) is 4.44. The molecule has 0 unspecified atom stereocenters. The van der Waals surface area contributed by atoms with E-state index >= 15 is 0 Å². The molecular formula is C24H20N4O3S. The van der Waals surface area contributed by atoms with Gasteiger partial charge in [0.15, 0.2) is 5.82 Å². The molecule has 1 fully saturated rings. The topological polar surface area (TPSA) is 84.3 Å². The predicted molar refractivity (Wildman–Crippen MR) is 122 cm³/mol. The Bertz CT molecular complexity index is 1290. The minimum atomic E-state index is -0.175. The van der Waals surface area contributed by atoms with Crippen molar-refractivity contribution in [3.05, 3.63) is 82.0 Å². The first-order valence-electron chi connectivity index (χ1n) is 10.3. The second-order valence-corrected chi connectivity index (χ2v) is 8.59. The molecule has 0 saturated carbocycles. The minimum absolute atomic E-state index is 0.112. The number of benzene rings is 2. The van der Waals surface area contributed by atoms with Crippen molar-refractivity contribution in [2.75, 3.05) is 5.32 Å². The van der Waals surface area contributed by atoms with E-state index in [1.807, 2.05) is 64.7 Å². The molecule has 1 aliphatic rings. The quantitative estimate of drug-likeness (QED) is 0.455. The van der Waals surface area contributed by atoms with Gasteiger partial charge in [0.05, 0.1) is 23.5 Å². The molecule has 1 aliphatic heterocycles. The number of carbonyl (C=O) groups excluding carboxylic acids is 3. The maximum absolute atomic E-state index is 12.5. The van der Waals surface area contributed by atoms with Crippen LogP contribution in [0.15, 0.2) is 66.0 Å². The summed E-state index contributed by atoms with van der Waals surface area (Å²) < 4.78 is 1.86. The molecule has 3 amide bonds. The van der Waals surface area contributed by atoms with Crippen LogP contribution in [0.1, 0.15) is 33.6 Å². The van der Waals surface area contributed by atoms with Crippen molar-refractivity contribution >= 4 is 45.8 Å². The van der Waals surface area contributed by atoms with Gasteiger partial charge in [-0.3, -0.25) is 24.0 Å². The van der Waals surface area contributed by atoms with Crippen LogP contribution in [0.3, 0.4) is 0 Å². The van der Waals surface area contributed by atoms with Gasteiger partial charge in [0.2, 0.25) is 11.8 Å². The third kappa shape index (κ3) is 3.92. The molecule has 0 bridgehead atoms. The molecule has 2 aromatic heterocycles. The van der Waals surface area contributed by atoms with Crippen molar-refractivity contribution in [1.29, 1.82) is 0 Å². The summed E-state index contributed by atoms with van der Waals surface area (Å²) in [6, 6.07) is 19.2. The summed E-state index contributed by atoms with van der Waals surface area (Å²) in [6.45, 7) is 0.832. The molecule has 1 saturated heterocycles. The summed E-state index contributed by atoms with van der Waals surface area (Å²) in [5, 5.41) is 10.3. The number of carbonyl (C=O) groups is 3. The maximum Gasteiger partial charge on any atom is 0.266 e. The molecule has 160 valence electrons. The zero-order chi connectivity index (χ0) is 22.1. The third-order valence-corrected chi connectivity index (χ3v) is 6.35. The lowest BCUT2D eigenvalue weighted by Crippen LogP contribution is -2.28. The van der Waals surface area contributed by atoms with Crippen LogP contribution >= 0.6 is 11.3 Å². The third-order valence-electron chi connectivity index (χ3n) is 5.49. The number of nitrogens with zero attached hydrogens (tertiary/aromatic N) is 3. The highest BCUT2D eigenvalue weighted by atomic mass is 32.1. The Balaban J connectivity index is 1.35. The van der Waals surface area contributed by atoms with Gasteiger partial charge in [-0.05, 0) is 34.7 Å².